The largest absolute Gasteiger partial charge is 1.00 e. The van der Waals surface area contributed by atoms with Gasteiger partial charge in [-0.25, -0.2) is 0 Å². The Hall–Kier alpha value is -1.23. The summed E-state index contributed by atoms with van der Waals surface area (Å²) in [5, 5.41) is 4.68. The minimum Gasteiger partial charge on any atom is -1.00 e. The Kier molecular flexibility index (Phi) is 8.88. The molecule has 3 aliphatic rings. The van der Waals surface area contributed by atoms with Gasteiger partial charge in [0.1, 0.15) is 0 Å². The van der Waals surface area contributed by atoms with E-state index in [0.29, 0.717) is 3.63 Å². The van der Waals surface area contributed by atoms with Crippen molar-refractivity contribution in [3.63, 3.8) is 0 Å². The zero-order chi connectivity index (χ0) is 21.3. The minimum atomic E-state index is -0.725. The van der Waals surface area contributed by atoms with Crippen molar-refractivity contribution >= 4 is 24.6 Å². The molecule has 0 heterocycles. The Morgan fingerprint density at radius 1 is 0.735 bits per heavy atom. The van der Waals surface area contributed by atoms with E-state index < -0.39 is 31.2 Å². The molecule has 0 saturated heterocycles. The summed E-state index contributed by atoms with van der Waals surface area (Å²) in [6.07, 6.45) is 13.9. The second-order valence-electron chi connectivity index (χ2n) is 8.96. The van der Waals surface area contributed by atoms with Crippen molar-refractivity contribution in [2.24, 2.45) is 5.92 Å². The number of fused-ring (bicyclic) bond motifs is 2. The topological polar surface area (TPSA) is 0 Å². The Morgan fingerprint density at radius 2 is 1.38 bits per heavy atom. The third kappa shape index (κ3) is 5.01. The molecule has 6 rings (SSSR count). The molecule has 0 aromatic heterocycles. The van der Waals surface area contributed by atoms with Crippen LogP contribution in [0.25, 0.3) is 6.08 Å². The summed E-state index contributed by atoms with van der Waals surface area (Å²) in [5.41, 5.74) is 4.88. The van der Waals surface area contributed by atoms with Gasteiger partial charge in [0.05, 0.1) is 0 Å². The minimum absolute atomic E-state index is 0. The van der Waals surface area contributed by atoms with Crippen LogP contribution in [0.2, 0.25) is 3.63 Å². The van der Waals surface area contributed by atoms with Crippen molar-refractivity contribution in [1.82, 2.24) is 0 Å². The molecule has 0 bridgehead atoms. The molecule has 3 aliphatic carbocycles. The van der Waals surface area contributed by atoms with Crippen LogP contribution in [0.4, 0.5) is 0 Å². The van der Waals surface area contributed by atoms with E-state index in [-0.39, 0.29) is 24.8 Å². The molecule has 34 heavy (non-hydrogen) atoms. The molecule has 3 unspecified atom stereocenters. The summed E-state index contributed by atoms with van der Waals surface area (Å²) in [7, 11) is -0.507. The maximum atomic E-state index is 2.58. The smallest absolute Gasteiger partial charge is 1.00 e. The number of hydrogen-bond acceptors (Lipinski definition) is 0. The van der Waals surface area contributed by atoms with Crippen molar-refractivity contribution in [2.75, 3.05) is 0 Å². The van der Waals surface area contributed by atoms with Gasteiger partial charge in [-0.05, 0) is 0 Å². The third-order valence-electron chi connectivity index (χ3n) is 7.08. The first kappa shape index (κ1) is 25.9. The fraction of sp³-hybridized carbons (Fsp3) is 0.200. The van der Waals surface area contributed by atoms with Crippen molar-refractivity contribution in [3.05, 3.63) is 125 Å². The van der Waals surface area contributed by atoms with Gasteiger partial charge in [0.2, 0.25) is 0 Å². The van der Waals surface area contributed by atoms with Crippen LogP contribution in [0.5, 0.6) is 0 Å². The van der Waals surface area contributed by atoms with E-state index in [0.717, 1.165) is 9.54 Å². The monoisotopic (exact) mass is 578 g/mol. The first-order valence-electron chi connectivity index (χ1n) is 11.7. The maximum absolute atomic E-state index is 2.58. The molecule has 0 aliphatic heterocycles. The first-order chi connectivity index (χ1) is 15.9. The van der Waals surface area contributed by atoms with Crippen LogP contribution in [0, 0.1) is 5.92 Å². The van der Waals surface area contributed by atoms with Gasteiger partial charge in [-0.15, -0.1) is 0 Å². The van der Waals surface area contributed by atoms with Crippen LogP contribution in [0.1, 0.15) is 34.0 Å². The SMILES string of the molecule is C1=CCC2CC[CH]([Zr+2][CH]3C(P(c4ccccc4)c4ccccc4)=Cc4ccccc43)C2=C1.[Cl-].[Cl-]. The molecule has 170 valence electrons. The first-order valence-corrected chi connectivity index (χ1v) is 15.9. The van der Waals surface area contributed by atoms with E-state index in [1.165, 1.54) is 35.4 Å². The molecule has 1 fully saturated rings. The van der Waals surface area contributed by atoms with Crippen LogP contribution < -0.4 is 35.4 Å². The second kappa shape index (κ2) is 11.7. The number of rotatable bonds is 5. The van der Waals surface area contributed by atoms with Gasteiger partial charge in [-0.2, -0.15) is 0 Å². The number of benzene rings is 3. The van der Waals surface area contributed by atoms with Gasteiger partial charge >= 0.3 is 205 Å². The normalized spacial score (nSPS) is 22.0. The van der Waals surface area contributed by atoms with E-state index in [1.807, 2.05) is 0 Å². The van der Waals surface area contributed by atoms with E-state index in [2.05, 4.69) is 109 Å². The molecule has 0 N–H and O–H groups in total. The van der Waals surface area contributed by atoms with Crippen LogP contribution in [0.15, 0.2) is 114 Å². The summed E-state index contributed by atoms with van der Waals surface area (Å²) >= 11 is -0.725. The number of hydrogen-bond donors (Lipinski definition) is 0. The standard InChI is InChI=1S/C21H16P.C9H11.2ClH.Zr/c1-3-11-19(12-4-1)22(20-13-5-2-6-14-20)21-15-17-9-7-8-10-18(17)16-21;1-2-5-9-7-3-6-8(9)4-1;;;/h1-16H;1-2,4,6,9H,3,5,7H2;2*1H;/q;;;;+2/p-2. The molecule has 4 heteroatoms. The van der Waals surface area contributed by atoms with Crippen molar-refractivity contribution in [1.29, 1.82) is 0 Å². The van der Waals surface area contributed by atoms with E-state index in [4.69, 9.17) is 0 Å². The summed E-state index contributed by atoms with van der Waals surface area (Å²) < 4.78 is 1.56. The Bertz CT molecular complexity index is 1160. The predicted octanol–water partition coefficient (Wildman–Crippen LogP) is 1.39. The summed E-state index contributed by atoms with van der Waals surface area (Å²) in [6, 6.07) is 31.8. The molecule has 0 spiro atoms. The fourth-order valence-electron chi connectivity index (χ4n) is 5.57. The molecule has 0 amide bonds. The molecule has 3 aromatic rings. The Morgan fingerprint density at radius 3 is 2.09 bits per heavy atom. The molecule has 1 saturated carbocycles. The summed E-state index contributed by atoms with van der Waals surface area (Å²) in [4.78, 5) is 0. The molecule has 3 atom stereocenters. The molecule has 0 radical (unpaired) electrons. The zero-order valence-corrected chi connectivity index (χ0v) is 23.8. The third-order valence-corrected chi connectivity index (χ3v) is 15.1. The van der Waals surface area contributed by atoms with Crippen LogP contribution in [0.3, 0.4) is 0 Å². The quantitative estimate of drug-likeness (QED) is 0.401. The number of allylic oxidation sites excluding steroid dienone is 5. The van der Waals surface area contributed by atoms with Crippen LogP contribution >= 0.6 is 7.92 Å². The zero-order valence-electron chi connectivity index (χ0n) is 18.9. The van der Waals surface area contributed by atoms with Crippen molar-refractivity contribution < 1.29 is 48.0 Å². The summed E-state index contributed by atoms with van der Waals surface area (Å²) in [6.45, 7) is 0. The average molecular weight is 581 g/mol. The van der Waals surface area contributed by atoms with Crippen molar-refractivity contribution in [2.45, 2.75) is 26.5 Å². The van der Waals surface area contributed by atoms with Gasteiger partial charge in [0.25, 0.3) is 0 Å². The second-order valence-corrected chi connectivity index (χ2v) is 15.1. The van der Waals surface area contributed by atoms with Crippen molar-refractivity contribution in [3.8, 4) is 0 Å². The van der Waals surface area contributed by atoms with Gasteiger partial charge in [0, 0.05) is 0 Å². The Labute approximate surface area is 228 Å². The average Bonchev–Trinajstić information content (AvgIpc) is 3.43. The van der Waals surface area contributed by atoms with E-state index in [1.54, 1.807) is 16.5 Å². The summed E-state index contributed by atoms with van der Waals surface area (Å²) in [5.74, 6) is 0.833. The molecule has 3 aromatic carbocycles. The van der Waals surface area contributed by atoms with Gasteiger partial charge < -0.3 is 24.8 Å². The van der Waals surface area contributed by atoms with Crippen LogP contribution in [-0.2, 0) is 23.2 Å². The van der Waals surface area contributed by atoms with Gasteiger partial charge in [0.15, 0.2) is 0 Å². The van der Waals surface area contributed by atoms with Gasteiger partial charge in [-0.1, -0.05) is 0 Å². The van der Waals surface area contributed by atoms with E-state index in [9.17, 15) is 0 Å². The van der Waals surface area contributed by atoms with E-state index >= 15 is 0 Å². The molecular weight excluding hydrogens is 553 g/mol. The van der Waals surface area contributed by atoms with Crippen LogP contribution in [-0.4, -0.2) is 0 Å². The molecular formula is C30H27Cl2PZr. The maximum Gasteiger partial charge on any atom is -1.00 e. The molecule has 0 nitrogen and oxygen atoms in total. The fourth-order valence-corrected chi connectivity index (χ4v) is 14.3. The Balaban J connectivity index is 0.00000137. The predicted molar refractivity (Wildman–Crippen MR) is 135 cm³/mol. The number of halogens is 2. The van der Waals surface area contributed by atoms with Gasteiger partial charge in [-0.3, -0.25) is 0 Å².